The number of amides is 2. The molecular weight excluding hydrogens is 381 g/mol. The smallest absolute Gasteiger partial charge is 0.257 e. The molecule has 1 N–H and O–H groups in total. The highest BCUT2D eigenvalue weighted by molar-refractivity contribution is 5.98. The zero-order chi connectivity index (χ0) is 21.3. The number of piperidine rings is 1. The van der Waals surface area contributed by atoms with Crippen LogP contribution in [0.25, 0.3) is 10.9 Å². The van der Waals surface area contributed by atoms with E-state index in [-0.39, 0.29) is 23.3 Å². The van der Waals surface area contributed by atoms with Gasteiger partial charge >= 0.3 is 0 Å². The number of halogens is 1. The van der Waals surface area contributed by atoms with Gasteiger partial charge in [0.2, 0.25) is 5.91 Å². The van der Waals surface area contributed by atoms with Crippen LogP contribution in [0.5, 0.6) is 0 Å². The lowest BCUT2D eigenvalue weighted by Crippen LogP contribution is -2.44. The molecule has 30 heavy (non-hydrogen) atoms. The summed E-state index contributed by atoms with van der Waals surface area (Å²) in [6.07, 6.45) is 3.46. The largest absolute Gasteiger partial charge is 0.348 e. The third-order valence-electron chi connectivity index (χ3n) is 5.90. The molecule has 3 aromatic rings. The van der Waals surface area contributed by atoms with Crippen LogP contribution in [-0.2, 0) is 11.3 Å². The van der Waals surface area contributed by atoms with E-state index >= 15 is 0 Å². The molecule has 1 atom stereocenters. The minimum atomic E-state index is -0.515. The van der Waals surface area contributed by atoms with Crippen molar-refractivity contribution in [2.75, 3.05) is 18.4 Å². The molecule has 6 heteroatoms. The van der Waals surface area contributed by atoms with Crippen molar-refractivity contribution < 1.29 is 14.0 Å². The summed E-state index contributed by atoms with van der Waals surface area (Å²) in [5, 5.41) is 4.13. The van der Waals surface area contributed by atoms with Gasteiger partial charge in [0.1, 0.15) is 5.82 Å². The summed E-state index contributed by atoms with van der Waals surface area (Å²) in [7, 11) is 0. The molecule has 0 aliphatic carbocycles. The van der Waals surface area contributed by atoms with Crippen LogP contribution >= 0.6 is 0 Å². The molecule has 1 aliphatic rings. The Balaban J connectivity index is 1.48. The van der Waals surface area contributed by atoms with Gasteiger partial charge in [-0.05, 0) is 61.9 Å². The Labute approximate surface area is 175 Å². The van der Waals surface area contributed by atoms with Crippen LogP contribution in [0.2, 0.25) is 0 Å². The number of nitrogens with one attached hydrogen (secondary N) is 1. The number of aromatic nitrogens is 1. The van der Waals surface area contributed by atoms with Crippen molar-refractivity contribution >= 4 is 28.4 Å². The first-order valence-corrected chi connectivity index (χ1v) is 10.4. The average Bonchev–Trinajstić information content (AvgIpc) is 3.16. The molecule has 1 unspecified atom stereocenters. The Morgan fingerprint density at radius 2 is 2.03 bits per heavy atom. The van der Waals surface area contributed by atoms with Crippen LogP contribution in [-0.4, -0.2) is 34.4 Å². The molecule has 0 bridgehead atoms. The quantitative estimate of drug-likeness (QED) is 0.687. The molecule has 1 fully saturated rings. The summed E-state index contributed by atoms with van der Waals surface area (Å²) in [5.41, 5.74) is 2.53. The molecule has 1 aromatic heterocycles. The van der Waals surface area contributed by atoms with E-state index in [2.05, 4.69) is 22.9 Å². The van der Waals surface area contributed by atoms with E-state index in [4.69, 9.17) is 0 Å². The van der Waals surface area contributed by atoms with Gasteiger partial charge in [-0.15, -0.1) is 0 Å². The number of nitrogens with zero attached hydrogens (tertiary/aromatic N) is 2. The molecule has 2 aromatic carbocycles. The predicted octanol–water partition coefficient (Wildman–Crippen LogP) is 4.60. The molecule has 2 amide bonds. The maximum absolute atomic E-state index is 14.2. The number of likely N-dealkylation sites (tertiary alicyclic amines) is 1. The van der Waals surface area contributed by atoms with E-state index in [1.807, 2.05) is 24.4 Å². The third kappa shape index (κ3) is 3.82. The molecule has 1 aliphatic heterocycles. The van der Waals surface area contributed by atoms with Crippen molar-refractivity contribution in [2.45, 2.75) is 33.2 Å². The van der Waals surface area contributed by atoms with E-state index in [1.54, 1.807) is 24.0 Å². The number of fused-ring (bicyclic) bond motifs is 1. The number of hydrogen-bond acceptors (Lipinski definition) is 2. The minimum absolute atomic E-state index is 0.101. The van der Waals surface area contributed by atoms with Crippen molar-refractivity contribution in [1.82, 2.24) is 9.47 Å². The number of rotatable bonds is 4. The summed E-state index contributed by atoms with van der Waals surface area (Å²) in [5.74, 6) is -1.28. The van der Waals surface area contributed by atoms with Crippen molar-refractivity contribution in [1.29, 1.82) is 0 Å². The van der Waals surface area contributed by atoms with Crippen LogP contribution in [0.15, 0.2) is 48.7 Å². The van der Waals surface area contributed by atoms with Gasteiger partial charge in [-0.1, -0.05) is 18.2 Å². The fraction of sp³-hybridized carbons (Fsp3) is 0.333. The first-order valence-electron chi connectivity index (χ1n) is 10.4. The zero-order valence-corrected chi connectivity index (χ0v) is 17.3. The van der Waals surface area contributed by atoms with Crippen molar-refractivity contribution in [3.8, 4) is 0 Å². The molecule has 4 rings (SSSR count). The lowest BCUT2D eigenvalue weighted by molar-refractivity contribution is -0.121. The van der Waals surface area contributed by atoms with Crippen LogP contribution < -0.4 is 5.32 Å². The van der Waals surface area contributed by atoms with Gasteiger partial charge in [-0.3, -0.25) is 9.59 Å². The van der Waals surface area contributed by atoms with E-state index in [0.717, 1.165) is 29.6 Å². The van der Waals surface area contributed by atoms with Crippen molar-refractivity contribution in [3.63, 3.8) is 0 Å². The number of anilines is 1. The van der Waals surface area contributed by atoms with Gasteiger partial charge in [0.25, 0.3) is 5.91 Å². The molecule has 0 radical (unpaired) electrons. The average molecular weight is 407 g/mol. The van der Waals surface area contributed by atoms with E-state index in [0.29, 0.717) is 25.1 Å². The van der Waals surface area contributed by atoms with Crippen LogP contribution in [0.1, 0.15) is 35.7 Å². The number of carbonyl (C=O) groups is 2. The molecular formula is C24H26FN3O2. The van der Waals surface area contributed by atoms with Crippen LogP contribution in [0, 0.1) is 18.7 Å². The molecule has 156 valence electrons. The predicted molar refractivity (Wildman–Crippen MR) is 116 cm³/mol. The van der Waals surface area contributed by atoms with Crippen molar-refractivity contribution in [2.24, 2.45) is 5.92 Å². The third-order valence-corrected chi connectivity index (χ3v) is 5.90. The number of aryl methyl sites for hydroxylation is 2. The number of hydrogen-bond donors (Lipinski definition) is 1. The summed E-state index contributed by atoms with van der Waals surface area (Å²) in [6.45, 7) is 5.50. The molecule has 2 heterocycles. The Morgan fingerprint density at radius 3 is 2.80 bits per heavy atom. The van der Waals surface area contributed by atoms with Gasteiger partial charge in [-0.25, -0.2) is 4.39 Å². The van der Waals surface area contributed by atoms with Gasteiger partial charge in [0, 0.05) is 31.5 Å². The Kier molecular flexibility index (Phi) is 5.57. The standard InChI is InChI=1S/C24H26FN3O2/c1-3-27-13-11-17-9-10-19(14-21(17)27)26-23(29)18-7-5-12-28(15-18)24(30)22-16(2)6-4-8-20(22)25/h4,6,8-11,13-14,18H,3,5,7,12,15H2,1-2H3,(H,26,29). The zero-order valence-electron chi connectivity index (χ0n) is 17.3. The van der Waals surface area contributed by atoms with Crippen molar-refractivity contribution in [3.05, 3.63) is 65.6 Å². The second-order valence-corrected chi connectivity index (χ2v) is 7.89. The topological polar surface area (TPSA) is 54.3 Å². The summed E-state index contributed by atoms with van der Waals surface area (Å²) in [4.78, 5) is 27.4. The SMILES string of the molecule is CCn1ccc2ccc(NC(=O)C3CCCN(C(=O)c4c(C)cccc4F)C3)cc21. The fourth-order valence-electron chi connectivity index (χ4n) is 4.22. The Morgan fingerprint density at radius 1 is 1.20 bits per heavy atom. The second-order valence-electron chi connectivity index (χ2n) is 7.89. The maximum atomic E-state index is 14.2. The fourth-order valence-corrected chi connectivity index (χ4v) is 4.22. The Hall–Kier alpha value is -3.15. The lowest BCUT2D eigenvalue weighted by atomic mass is 9.95. The first-order chi connectivity index (χ1) is 14.5. The van der Waals surface area contributed by atoms with Gasteiger partial charge in [0.15, 0.2) is 0 Å². The second kappa shape index (κ2) is 8.30. The summed E-state index contributed by atoms with van der Waals surface area (Å²) in [6, 6.07) is 12.6. The molecule has 5 nitrogen and oxygen atoms in total. The van der Waals surface area contributed by atoms with Gasteiger partial charge in [0.05, 0.1) is 17.0 Å². The van der Waals surface area contributed by atoms with E-state index in [1.165, 1.54) is 6.07 Å². The molecule has 1 saturated heterocycles. The highest BCUT2D eigenvalue weighted by Crippen LogP contribution is 2.25. The monoisotopic (exact) mass is 407 g/mol. The lowest BCUT2D eigenvalue weighted by Gasteiger charge is -2.32. The van der Waals surface area contributed by atoms with Gasteiger partial charge in [-0.2, -0.15) is 0 Å². The number of carbonyl (C=O) groups excluding carboxylic acids is 2. The highest BCUT2D eigenvalue weighted by Gasteiger charge is 2.30. The highest BCUT2D eigenvalue weighted by atomic mass is 19.1. The first kappa shape index (κ1) is 20.1. The summed E-state index contributed by atoms with van der Waals surface area (Å²) >= 11 is 0. The molecule has 0 spiro atoms. The van der Waals surface area contributed by atoms with E-state index in [9.17, 15) is 14.0 Å². The molecule has 0 saturated carbocycles. The van der Waals surface area contributed by atoms with Crippen LogP contribution in [0.4, 0.5) is 10.1 Å². The Bertz CT molecular complexity index is 1080. The summed E-state index contributed by atoms with van der Waals surface area (Å²) < 4.78 is 16.4. The number of benzene rings is 2. The van der Waals surface area contributed by atoms with Crippen LogP contribution in [0.3, 0.4) is 0 Å². The van der Waals surface area contributed by atoms with Gasteiger partial charge < -0.3 is 14.8 Å². The van der Waals surface area contributed by atoms with E-state index < -0.39 is 5.82 Å². The normalized spacial score (nSPS) is 16.6. The minimum Gasteiger partial charge on any atom is -0.348 e. The maximum Gasteiger partial charge on any atom is 0.257 e.